The Morgan fingerprint density at radius 2 is 1.81 bits per heavy atom. The number of benzene rings is 2. The van der Waals surface area contributed by atoms with Gasteiger partial charge in [0.1, 0.15) is 5.41 Å². The Kier molecular flexibility index (Phi) is 4.52. The Bertz CT molecular complexity index is 880. The molecule has 1 atom stereocenters. The van der Waals surface area contributed by atoms with Crippen molar-refractivity contribution in [2.45, 2.75) is 33.2 Å². The van der Waals surface area contributed by atoms with Crippen LogP contribution in [-0.2, 0) is 16.0 Å². The van der Waals surface area contributed by atoms with Crippen molar-refractivity contribution in [3.63, 3.8) is 0 Å². The summed E-state index contributed by atoms with van der Waals surface area (Å²) in [6.45, 7) is 4.98. The van der Waals surface area contributed by atoms with E-state index in [2.05, 4.69) is 5.32 Å². The van der Waals surface area contributed by atoms with Crippen molar-refractivity contribution in [3.05, 3.63) is 59.7 Å². The summed E-state index contributed by atoms with van der Waals surface area (Å²) in [5.41, 5.74) is 0.588. The minimum atomic E-state index is -1.38. The zero-order chi connectivity index (χ0) is 19.1. The molecule has 1 N–H and O–H groups in total. The molecule has 0 bridgehead atoms. The smallest absolute Gasteiger partial charge is 0.242 e. The molecule has 0 spiro atoms. The number of hydrogen-bond acceptors (Lipinski definition) is 2. The molecular formula is C20H20F2N2O2. The molecule has 3 rings (SSSR count). The topological polar surface area (TPSA) is 49.4 Å². The number of fused-ring (bicyclic) bond motifs is 1. The second-order valence-electron chi connectivity index (χ2n) is 7.07. The van der Waals surface area contributed by atoms with Gasteiger partial charge in [-0.1, -0.05) is 18.2 Å². The summed E-state index contributed by atoms with van der Waals surface area (Å²) in [5, 5.41) is 2.50. The molecule has 0 aliphatic carbocycles. The summed E-state index contributed by atoms with van der Waals surface area (Å²) < 4.78 is 26.4. The monoisotopic (exact) mass is 358 g/mol. The first-order valence-corrected chi connectivity index (χ1v) is 8.40. The number of rotatable bonds is 3. The van der Waals surface area contributed by atoms with E-state index in [1.54, 1.807) is 4.90 Å². The van der Waals surface area contributed by atoms with Crippen LogP contribution in [0.2, 0.25) is 0 Å². The largest absolute Gasteiger partial charge is 0.325 e. The van der Waals surface area contributed by atoms with Gasteiger partial charge in [-0.15, -0.1) is 0 Å². The van der Waals surface area contributed by atoms with Crippen molar-refractivity contribution in [2.75, 3.05) is 10.2 Å². The number of nitrogens with one attached hydrogen (secondary N) is 1. The number of halogens is 2. The molecule has 0 saturated carbocycles. The van der Waals surface area contributed by atoms with Crippen molar-refractivity contribution < 1.29 is 18.4 Å². The van der Waals surface area contributed by atoms with Crippen LogP contribution in [0.15, 0.2) is 42.5 Å². The lowest BCUT2D eigenvalue weighted by Gasteiger charge is -2.31. The Balaban J connectivity index is 1.83. The zero-order valence-electron chi connectivity index (χ0n) is 14.8. The van der Waals surface area contributed by atoms with Crippen LogP contribution < -0.4 is 10.2 Å². The lowest BCUT2D eigenvalue weighted by Crippen LogP contribution is -2.49. The summed E-state index contributed by atoms with van der Waals surface area (Å²) in [6.07, 6.45) is 0.725. The molecule has 1 aliphatic heterocycles. The Labute approximate surface area is 150 Å². The highest BCUT2D eigenvalue weighted by Crippen LogP contribution is 2.35. The van der Waals surface area contributed by atoms with E-state index in [1.807, 2.05) is 31.2 Å². The first-order valence-electron chi connectivity index (χ1n) is 8.40. The van der Waals surface area contributed by atoms with Gasteiger partial charge >= 0.3 is 0 Å². The molecular weight excluding hydrogens is 338 g/mol. The maximum Gasteiger partial charge on any atom is 0.242 e. The third-order valence-corrected chi connectivity index (χ3v) is 4.71. The molecule has 2 aromatic carbocycles. The van der Waals surface area contributed by atoms with E-state index >= 15 is 0 Å². The fraction of sp³-hybridized carbons (Fsp3) is 0.300. The summed E-state index contributed by atoms with van der Waals surface area (Å²) in [4.78, 5) is 27.4. The second kappa shape index (κ2) is 6.52. The quantitative estimate of drug-likeness (QED) is 0.846. The van der Waals surface area contributed by atoms with Gasteiger partial charge in [0.2, 0.25) is 11.8 Å². The molecule has 0 aromatic heterocycles. The Morgan fingerprint density at radius 3 is 2.50 bits per heavy atom. The van der Waals surface area contributed by atoms with Gasteiger partial charge in [0.25, 0.3) is 0 Å². The van der Waals surface area contributed by atoms with Gasteiger partial charge in [-0.2, -0.15) is 0 Å². The minimum Gasteiger partial charge on any atom is -0.325 e. The Hall–Kier alpha value is -2.76. The fourth-order valence-electron chi connectivity index (χ4n) is 3.13. The second-order valence-corrected chi connectivity index (χ2v) is 7.07. The molecule has 0 saturated heterocycles. The van der Waals surface area contributed by atoms with E-state index in [0.29, 0.717) is 0 Å². The third kappa shape index (κ3) is 3.07. The average Bonchev–Trinajstić information content (AvgIpc) is 2.93. The van der Waals surface area contributed by atoms with Crippen LogP contribution in [0, 0.1) is 17.0 Å². The third-order valence-electron chi connectivity index (χ3n) is 4.71. The number of hydrogen-bond donors (Lipinski definition) is 1. The summed E-state index contributed by atoms with van der Waals surface area (Å²) in [6, 6.07) is 10.6. The van der Waals surface area contributed by atoms with Gasteiger partial charge in [0.15, 0.2) is 11.6 Å². The molecule has 1 heterocycles. The molecule has 0 fully saturated rings. The number of para-hydroxylation sites is 1. The van der Waals surface area contributed by atoms with E-state index in [4.69, 9.17) is 0 Å². The van der Waals surface area contributed by atoms with Gasteiger partial charge in [0, 0.05) is 23.5 Å². The van der Waals surface area contributed by atoms with Crippen molar-refractivity contribution >= 4 is 23.2 Å². The summed E-state index contributed by atoms with van der Waals surface area (Å²) >= 11 is 0. The maximum atomic E-state index is 13.3. The van der Waals surface area contributed by atoms with Gasteiger partial charge < -0.3 is 10.2 Å². The molecule has 2 amide bonds. The molecule has 0 radical (unpaired) electrons. The molecule has 136 valence electrons. The van der Waals surface area contributed by atoms with E-state index in [-0.39, 0.29) is 17.6 Å². The van der Waals surface area contributed by atoms with Crippen LogP contribution in [-0.4, -0.2) is 17.9 Å². The SMILES string of the molecule is CC1Cc2ccccc2N1C(=O)C(C)(C)C(=O)Nc1ccc(F)c(F)c1. The van der Waals surface area contributed by atoms with Crippen molar-refractivity contribution in [2.24, 2.45) is 5.41 Å². The first kappa shape index (κ1) is 18.0. The molecule has 2 aromatic rings. The normalized spacial score (nSPS) is 16.3. The number of nitrogens with zero attached hydrogens (tertiary/aromatic N) is 1. The predicted octanol–water partition coefficient (Wildman–Crippen LogP) is 3.91. The van der Waals surface area contributed by atoms with Crippen molar-refractivity contribution in [1.29, 1.82) is 0 Å². The van der Waals surface area contributed by atoms with Crippen LogP contribution in [0.25, 0.3) is 0 Å². The van der Waals surface area contributed by atoms with Crippen LogP contribution in [0.1, 0.15) is 26.3 Å². The van der Waals surface area contributed by atoms with Crippen molar-refractivity contribution in [1.82, 2.24) is 0 Å². The lowest BCUT2D eigenvalue weighted by atomic mass is 9.89. The molecule has 1 aliphatic rings. The lowest BCUT2D eigenvalue weighted by molar-refractivity contribution is -0.136. The number of amides is 2. The molecule has 4 nitrogen and oxygen atoms in total. The maximum absolute atomic E-state index is 13.3. The van der Waals surface area contributed by atoms with Gasteiger partial charge in [-0.05, 0) is 51.0 Å². The first-order chi connectivity index (χ1) is 12.2. The Morgan fingerprint density at radius 1 is 1.12 bits per heavy atom. The summed E-state index contributed by atoms with van der Waals surface area (Å²) in [5.74, 6) is -2.98. The standard InChI is InChI=1S/C20H20F2N2O2/c1-12-10-13-6-4-5-7-17(13)24(12)19(26)20(2,3)18(25)23-14-8-9-15(21)16(22)11-14/h4-9,11-12H,10H2,1-3H3,(H,23,25). The van der Waals surface area contributed by atoms with E-state index in [0.717, 1.165) is 29.8 Å². The predicted molar refractivity (Wildman–Crippen MR) is 95.9 cm³/mol. The zero-order valence-corrected chi connectivity index (χ0v) is 14.8. The van der Waals surface area contributed by atoms with Crippen LogP contribution in [0.4, 0.5) is 20.2 Å². The van der Waals surface area contributed by atoms with Gasteiger partial charge in [0.05, 0.1) is 0 Å². The van der Waals surface area contributed by atoms with E-state index in [1.165, 1.54) is 19.9 Å². The van der Waals surface area contributed by atoms with Crippen LogP contribution in [0.3, 0.4) is 0 Å². The highest BCUT2D eigenvalue weighted by Gasteiger charge is 2.43. The fourth-order valence-corrected chi connectivity index (χ4v) is 3.13. The highest BCUT2D eigenvalue weighted by molar-refractivity contribution is 6.15. The molecule has 6 heteroatoms. The minimum absolute atomic E-state index is 0.0600. The van der Waals surface area contributed by atoms with Gasteiger partial charge in [-0.25, -0.2) is 8.78 Å². The van der Waals surface area contributed by atoms with Crippen LogP contribution in [0.5, 0.6) is 0 Å². The molecule has 26 heavy (non-hydrogen) atoms. The molecule has 1 unspecified atom stereocenters. The van der Waals surface area contributed by atoms with Crippen LogP contribution >= 0.6 is 0 Å². The number of anilines is 2. The number of carbonyl (C=O) groups is 2. The number of carbonyl (C=O) groups excluding carboxylic acids is 2. The highest BCUT2D eigenvalue weighted by atomic mass is 19.2. The van der Waals surface area contributed by atoms with Crippen molar-refractivity contribution in [3.8, 4) is 0 Å². The summed E-state index contributed by atoms with van der Waals surface area (Å²) in [7, 11) is 0. The van der Waals surface area contributed by atoms with E-state index in [9.17, 15) is 18.4 Å². The van der Waals surface area contributed by atoms with E-state index < -0.39 is 23.0 Å². The average molecular weight is 358 g/mol. The van der Waals surface area contributed by atoms with Gasteiger partial charge in [-0.3, -0.25) is 9.59 Å².